The zero-order valence-corrected chi connectivity index (χ0v) is 13.3. The third-order valence-corrected chi connectivity index (χ3v) is 3.67. The van der Waals surface area contributed by atoms with Crippen LogP contribution >= 0.6 is 0 Å². The van der Waals surface area contributed by atoms with Gasteiger partial charge in [-0.3, -0.25) is 14.7 Å². The van der Waals surface area contributed by atoms with Crippen molar-refractivity contribution in [2.75, 3.05) is 13.1 Å². The number of fused-ring (bicyclic) bond motifs is 1. The molecule has 0 spiro atoms. The minimum Gasteiger partial charge on any atom is -0.350 e. The predicted molar refractivity (Wildman–Crippen MR) is 91.9 cm³/mol. The summed E-state index contributed by atoms with van der Waals surface area (Å²) in [5.74, 6) is -0.425. The average molecular weight is 322 g/mol. The largest absolute Gasteiger partial charge is 0.350 e. The first-order valence-corrected chi connectivity index (χ1v) is 7.71. The van der Waals surface area contributed by atoms with Crippen molar-refractivity contribution < 1.29 is 9.59 Å². The van der Waals surface area contributed by atoms with Gasteiger partial charge in [0.25, 0.3) is 11.8 Å². The lowest BCUT2D eigenvalue weighted by Gasteiger charge is -2.06. The van der Waals surface area contributed by atoms with Gasteiger partial charge in [0, 0.05) is 24.0 Å². The molecule has 2 amide bonds. The number of benzene rings is 2. The van der Waals surface area contributed by atoms with Gasteiger partial charge in [-0.05, 0) is 31.2 Å². The van der Waals surface area contributed by atoms with E-state index in [9.17, 15) is 9.59 Å². The first kappa shape index (κ1) is 15.7. The molecule has 0 saturated carbocycles. The summed E-state index contributed by atoms with van der Waals surface area (Å²) >= 11 is 0. The van der Waals surface area contributed by atoms with Gasteiger partial charge in [-0.2, -0.15) is 5.10 Å². The van der Waals surface area contributed by atoms with E-state index in [0.717, 1.165) is 16.5 Å². The fraction of sp³-hybridized carbons (Fsp3) is 0.167. The van der Waals surface area contributed by atoms with Gasteiger partial charge in [0.15, 0.2) is 5.69 Å². The van der Waals surface area contributed by atoms with Crippen molar-refractivity contribution in [2.24, 2.45) is 0 Å². The second-order valence-electron chi connectivity index (χ2n) is 5.50. The number of hydrogen-bond acceptors (Lipinski definition) is 3. The zero-order valence-electron chi connectivity index (χ0n) is 13.3. The van der Waals surface area contributed by atoms with Crippen LogP contribution in [-0.4, -0.2) is 35.1 Å². The SMILES string of the molecule is Cc1ccc2[nH]nc(C(=O)NCCNC(=O)c3ccccc3)c2c1. The van der Waals surface area contributed by atoms with Crippen LogP contribution in [0.25, 0.3) is 10.9 Å². The van der Waals surface area contributed by atoms with Crippen LogP contribution in [0.15, 0.2) is 48.5 Å². The number of amides is 2. The normalized spacial score (nSPS) is 10.5. The summed E-state index contributed by atoms with van der Waals surface area (Å²) in [6, 6.07) is 14.7. The molecule has 3 N–H and O–H groups in total. The molecule has 0 unspecified atom stereocenters. The van der Waals surface area contributed by atoms with E-state index in [1.807, 2.05) is 31.2 Å². The lowest BCUT2D eigenvalue weighted by Crippen LogP contribution is -2.34. The number of aromatic nitrogens is 2. The van der Waals surface area contributed by atoms with Crippen LogP contribution in [0, 0.1) is 6.92 Å². The molecular formula is C18H18N4O2. The molecule has 0 bridgehead atoms. The number of carbonyl (C=O) groups excluding carboxylic acids is 2. The van der Waals surface area contributed by atoms with Gasteiger partial charge in [-0.25, -0.2) is 0 Å². The van der Waals surface area contributed by atoms with Gasteiger partial charge in [0.1, 0.15) is 0 Å². The van der Waals surface area contributed by atoms with Crippen LogP contribution in [0.3, 0.4) is 0 Å². The molecule has 6 heteroatoms. The maximum Gasteiger partial charge on any atom is 0.272 e. The number of H-pyrrole nitrogens is 1. The average Bonchev–Trinajstić information content (AvgIpc) is 3.02. The smallest absolute Gasteiger partial charge is 0.272 e. The van der Waals surface area contributed by atoms with Crippen molar-refractivity contribution in [1.82, 2.24) is 20.8 Å². The lowest BCUT2D eigenvalue weighted by molar-refractivity contribution is 0.0926. The Morgan fingerprint density at radius 2 is 1.71 bits per heavy atom. The Labute approximate surface area is 139 Å². The zero-order chi connectivity index (χ0) is 16.9. The summed E-state index contributed by atoms with van der Waals surface area (Å²) in [7, 11) is 0. The monoisotopic (exact) mass is 322 g/mol. The second-order valence-corrected chi connectivity index (χ2v) is 5.50. The Bertz CT molecular complexity index is 871. The van der Waals surface area contributed by atoms with E-state index >= 15 is 0 Å². The molecule has 0 atom stereocenters. The maximum atomic E-state index is 12.2. The van der Waals surface area contributed by atoms with Crippen molar-refractivity contribution >= 4 is 22.7 Å². The number of nitrogens with zero attached hydrogens (tertiary/aromatic N) is 1. The van der Waals surface area contributed by atoms with Crippen LogP contribution in [0.1, 0.15) is 26.4 Å². The highest BCUT2D eigenvalue weighted by Crippen LogP contribution is 2.17. The third-order valence-electron chi connectivity index (χ3n) is 3.67. The molecule has 0 aliphatic carbocycles. The Morgan fingerprint density at radius 3 is 2.46 bits per heavy atom. The molecule has 6 nitrogen and oxygen atoms in total. The second kappa shape index (κ2) is 6.95. The maximum absolute atomic E-state index is 12.2. The fourth-order valence-electron chi connectivity index (χ4n) is 2.43. The minimum absolute atomic E-state index is 0.161. The van der Waals surface area contributed by atoms with Crippen LogP contribution in [0.5, 0.6) is 0 Å². The third kappa shape index (κ3) is 3.43. The molecule has 0 aliphatic heterocycles. The summed E-state index contributed by atoms with van der Waals surface area (Å²) in [6.45, 7) is 2.64. The number of aryl methyl sites for hydroxylation is 1. The summed E-state index contributed by atoms with van der Waals surface area (Å²) in [5, 5.41) is 13.2. The summed E-state index contributed by atoms with van der Waals surface area (Å²) in [6.07, 6.45) is 0. The fourth-order valence-corrected chi connectivity index (χ4v) is 2.43. The molecule has 3 aromatic rings. The molecule has 1 aromatic heterocycles. The highest BCUT2D eigenvalue weighted by molar-refractivity contribution is 6.04. The van der Waals surface area contributed by atoms with E-state index in [4.69, 9.17) is 0 Å². The Hall–Kier alpha value is -3.15. The molecule has 2 aromatic carbocycles. The molecule has 3 rings (SSSR count). The Kier molecular flexibility index (Phi) is 4.56. The van der Waals surface area contributed by atoms with Crippen molar-refractivity contribution in [1.29, 1.82) is 0 Å². The molecule has 122 valence electrons. The van der Waals surface area contributed by atoms with Gasteiger partial charge in [0.05, 0.1) is 5.52 Å². The van der Waals surface area contributed by atoms with Gasteiger partial charge >= 0.3 is 0 Å². The standard InChI is InChI=1S/C18H18N4O2/c1-12-7-8-15-14(11-12)16(22-21-15)18(24)20-10-9-19-17(23)13-5-3-2-4-6-13/h2-8,11H,9-10H2,1H3,(H,19,23)(H,20,24)(H,21,22). The van der Waals surface area contributed by atoms with E-state index in [0.29, 0.717) is 24.3 Å². The van der Waals surface area contributed by atoms with Crippen molar-refractivity contribution in [3.8, 4) is 0 Å². The van der Waals surface area contributed by atoms with Gasteiger partial charge < -0.3 is 10.6 Å². The van der Waals surface area contributed by atoms with E-state index in [1.165, 1.54) is 0 Å². The summed E-state index contributed by atoms with van der Waals surface area (Å²) < 4.78 is 0. The first-order chi connectivity index (χ1) is 11.6. The highest BCUT2D eigenvalue weighted by atomic mass is 16.2. The topological polar surface area (TPSA) is 86.9 Å². The van der Waals surface area contributed by atoms with Crippen LogP contribution in [0.4, 0.5) is 0 Å². The van der Waals surface area contributed by atoms with Crippen LogP contribution in [-0.2, 0) is 0 Å². The lowest BCUT2D eigenvalue weighted by atomic mass is 10.1. The molecular weight excluding hydrogens is 304 g/mol. The van der Waals surface area contributed by atoms with Crippen LogP contribution in [0.2, 0.25) is 0 Å². The first-order valence-electron chi connectivity index (χ1n) is 7.71. The van der Waals surface area contributed by atoms with Crippen LogP contribution < -0.4 is 10.6 Å². The molecule has 1 heterocycles. The number of nitrogens with one attached hydrogen (secondary N) is 3. The highest BCUT2D eigenvalue weighted by Gasteiger charge is 2.13. The van der Waals surface area contributed by atoms with Crippen molar-refractivity contribution in [3.05, 3.63) is 65.4 Å². The van der Waals surface area contributed by atoms with Crippen molar-refractivity contribution in [3.63, 3.8) is 0 Å². The number of hydrogen-bond donors (Lipinski definition) is 3. The molecule has 0 radical (unpaired) electrons. The van der Waals surface area contributed by atoms with Crippen molar-refractivity contribution in [2.45, 2.75) is 6.92 Å². The quantitative estimate of drug-likeness (QED) is 0.628. The number of aromatic amines is 1. The molecule has 24 heavy (non-hydrogen) atoms. The van der Waals surface area contributed by atoms with Gasteiger partial charge in [0.2, 0.25) is 0 Å². The van der Waals surface area contributed by atoms with E-state index in [-0.39, 0.29) is 11.8 Å². The van der Waals surface area contributed by atoms with E-state index < -0.39 is 0 Å². The number of rotatable bonds is 5. The van der Waals surface area contributed by atoms with E-state index in [1.54, 1.807) is 24.3 Å². The predicted octanol–water partition coefficient (Wildman–Crippen LogP) is 2.03. The van der Waals surface area contributed by atoms with Gasteiger partial charge in [-0.1, -0.05) is 29.8 Å². The minimum atomic E-state index is -0.263. The van der Waals surface area contributed by atoms with E-state index in [2.05, 4.69) is 20.8 Å². The number of carbonyl (C=O) groups is 2. The Balaban J connectivity index is 1.54. The van der Waals surface area contributed by atoms with Gasteiger partial charge in [-0.15, -0.1) is 0 Å². The molecule has 0 aliphatic rings. The molecule has 0 fully saturated rings. The summed E-state index contributed by atoms with van der Waals surface area (Å²) in [5.41, 5.74) is 2.84. The Morgan fingerprint density at radius 1 is 1.00 bits per heavy atom. The molecule has 0 saturated heterocycles. The summed E-state index contributed by atoms with van der Waals surface area (Å²) in [4.78, 5) is 24.1.